The minimum Gasteiger partial charge on any atom is -0.475 e. The van der Waals surface area contributed by atoms with E-state index in [1.807, 2.05) is 12.1 Å². The van der Waals surface area contributed by atoms with Gasteiger partial charge in [0.25, 0.3) is 0 Å². The number of aliphatic carboxylic acids is 1. The average Bonchev–Trinajstić information content (AvgIpc) is 2.96. The predicted molar refractivity (Wildman–Crippen MR) is 85.2 cm³/mol. The Morgan fingerprint density at radius 1 is 1.04 bits per heavy atom. The lowest BCUT2D eigenvalue weighted by Gasteiger charge is -2.00. The molecular weight excluding hydrogens is 316 g/mol. The molecular formula is C17H14O5S. The highest BCUT2D eigenvalue weighted by Crippen LogP contribution is 2.20. The lowest BCUT2D eigenvalue weighted by Crippen LogP contribution is -2.16. The van der Waals surface area contributed by atoms with Gasteiger partial charge in [-0.2, -0.15) is 0 Å². The fourth-order valence-electron chi connectivity index (χ4n) is 2.02. The number of rotatable bonds is 7. The third kappa shape index (κ3) is 4.43. The first-order chi connectivity index (χ1) is 10.9. The molecule has 0 aliphatic heterocycles. The molecule has 0 bridgehead atoms. The maximum atomic E-state index is 11.8. The van der Waals surface area contributed by atoms with E-state index in [0.717, 1.165) is 11.1 Å². The quantitative estimate of drug-likeness (QED) is 0.479. The van der Waals surface area contributed by atoms with Crippen LogP contribution >= 0.6 is 11.3 Å². The number of Topliss-reactive ketones (excluding diaryl/α,β-unsaturated/α-hetero) is 3. The fraction of sp³-hybridized carbons (Fsp3) is 0.176. The zero-order chi connectivity index (χ0) is 17.0. The number of carbonyl (C=O) groups excluding carboxylic acids is 3. The molecule has 1 aromatic carbocycles. The fourth-order valence-corrected chi connectivity index (χ4v) is 2.87. The smallest absolute Gasteiger partial charge is 0.372 e. The monoisotopic (exact) mass is 330 g/mol. The molecule has 2 aromatic rings. The summed E-state index contributed by atoms with van der Waals surface area (Å²) in [6.45, 7) is 1.50. The predicted octanol–water partition coefficient (Wildman–Crippen LogP) is 2.77. The zero-order valence-electron chi connectivity index (χ0n) is 12.4. The molecule has 1 N–H and O–H groups in total. The van der Waals surface area contributed by atoms with Gasteiger partial charge in [-0.05, 0) is 35.9 Å². The third-order valence-electron chi connectivity index (χ3n) is 3.26. The van der Waals surface area contributed by atoms with Crippen LogP contribution in [0, 0.1) is 0 Å². The topological polar surface area (TPSA) is 88.5 Å². The van der Waals surface area contributed by atoms with Gasteiger partial charge in [0.05, 0.1) is 11.3 Å². The Labute approximate surface area is 136 Å². The molecule has 5 nitrogen and oxygen atoms in total. The Kier molecular flexibility index (Phi) is 5.18. The van der Waals surface area contributed by atoms with Crippen LogP contribution in [0.5, 0.6) is 0 Å². The van der Waals surface area contributed by atoms with Crippen LogP contribution in [0.15, 0.2) is 35.7 Å². The average molecular weight is 330 g/mol. The molecule has 0 saturated carbocycles. The van der Waals surface area contributed by atoms with Crippen molar-refractivity contribution in [3.8, 4) is 0 Å². The number of hydrogen-bond acceptors (Lipinski definition) is 5. The Balaban J connectivity index is 2.04. The number of carbonyl (C=O) groups is 4. The van der Waals surface area contributed by atoms with Gasteiger partial charge < -0.3 is 5.11 Å². The molecule has 0 radical (unpaired) electrons. The van der Waals surface area contributed by atoms with Crippen molar-refractivity contribution in [2.45, 2.75) is 19.8 Å². The first-order valence-electron chi connectivity index (χ1n) is 6.83. The summed E-state index contributed by atoms with van der Waals surface area (Å²) in [6, 6.07) is 8.87. The van der Waals surface area contributed by atoms with Crippen molar-refractivity contribution < 1.29 is 24.3 Å². The third-order valence-corrected chi connectivity index (χ3v) is 4.28. The molecule has 1 aromatic heterocycles. The molecule has 1 heterocycles. The van der Waals surface area contributed by atoms with Crippen LogP contribution < -0.4 is 0 Å². The van der Waals surface area contributed by atoms with Crippen LogP contribution in [0.25, 0.3) is 0 Å². The SMILES string of the molecule is CC(=O)c1ccc(Cc2csc(C(=O)CC(=O)C(=O)O)c2)cc1. The van der Waals surface area contributed by atoms with Crippen LogP contribution in [0.1, 0.15) is 44.5 Å². The lowest BCUT2D eigenvalue weighted by atomic mass is 10.0. The van der Waals surface area contributed by atoms with Gasteiger partial charge in [0.2, 0.25) is 5.78 Å². The summed E-state index contributed by atoms with van der Waals surface area (Å²) >= 11 is 1.19. The standard InChI is InChI=1S/C17H14O5S/c1-10(18)13-4-2-11(3-5-13)6-12-7-16(23-9-12)14(19)8-15(20)17(21)22/h2-5,7,9H,6,8H2,1H3,(H,21,22). The molecule has 0 saturated heterocycles. The number of carboxylic acids is 1. The second kappa shape index (κ2) is 7.11. The van der Waals surface area contributed by atoms with Crippen molar-refractivity contribution in [1.82, 2.24) is 0 Å². The van der Waals surface area contributed by atoms with Crippen LogP contribution in [-0.2, 0) is 16.0 Å². The van der Waals surface area contributed by atoms with E-state index in [-0.39, 0.29) is 5.78 Å². The second-order valence-corrected chi connectivity index (χ2v) is 5.99. The Hall–Kier alpha value is -2.60. The molecule has 0 aliphatic carbocycles. The number of thiophene rings is 1. The Bertz CT molecular complexity index is 771. The summed E-state index contributed by atoms with van der Waals surface area (Å²) in [6.07, 6.45) is -0.0303. The highest BCUT2D eigenvalue weighted by atomic mass is 32.1. The Morgan fingerprint density at radius 3 is 2.26 bits per heavy atom. The summed E-state index contributed by atoms with van der Waals surface area (Å²) in [5, 5.41) is 10.3. The highest BCUT2D eigenvalue weighted by molar-refractivity contribution is 7.12. The number of carboxylic acid groups (broad SMARTS) is 1. The van der Waals surface area contributed by atoms with Crippen molar-refractivity contribution in [1.29, 1.82) is 0 Å². The molecule has 0 aliphatic rings. The van der Waals surface area contributed by atoms with Crippen LogP contribution in [0.3, 0.4) is 0 Å². The molecule has 6 heteroatoms. The molecule has 23 heavy (non-hydrogen) atoms. The van der Waals surface area contributed by atoms with Crippen molar-refractivity contribution in [3.05, 3.63) is 57.3 Å². The minimum atomic E-state index is -1.60. The van der Waals surface area contributed by atoms with E-state index in [1.165, 1.54) is 18.3 Å². The van der Waals surface area contributed by atoms with E-state index < -0.39 is 24.0 Å². The van der Waals surface area contributed by atoms with Crippen LogP contribution in [0.4, 0.5) is 0 Å². The van der Waals surface area contributed by atoms with Gasteiger partial charge in [-0.1, -0.05) is 24.3 Å². The van der Waals surface area contributed by atoms with Gasteiger partial charge in [0, 0.05) is 5.56 Å². The number of ketones is 3. The van der Waals surface area contributed by atoms with Gasteiger partial charge in [0.1, 0.15) is 0 Å². The van der Waals surface area contributed by atoms with Gasteiger partial charge in [-0.25, -0.2) is 4.79 Å². The van der Waals surface area contributed by atoms with Crippen molar-refractivity contribution in [2.24, 2.45) is 0 Å². The first kappa shape index (κ1) is 16.8. The van der Waals surface area contributed by atoms with E-state index in [4.69, 9.17) is 5.11 Å². The molecule has 0 amide bonds. The van der Waals surface area contributed by atoms with E-state index in [0.29, 0.717) is 16.9 Å². The lowest BCUT2D eigenvalue weighted by molar-refractivity contribution is -0.148. The molecule has 0 unspecified atom stereocenters. The van der Waals surface area contributed by atoms with Gasteiger partial charge in [-0.15, -0.1) is 11.3 Å². The minimum absolute atomic E-state index is 0.00284. The summed E-state index contributed by atoms with van der Waals surface area (Å²) in [7, 11) is 0. The summed E-state index contributed by atoms with van der Waals surface area (Å²) < 4.78 is 0. The zero-order valence-corrected chi connectivity index (χ0v) is 13.2. The van der Waals surface area contributed by atoms with E-state index in [9.17, 15) is 19.2 Å². The van der Waals surface area contributed by atoms with Gasteiger partial charge in [0.15, 0.2) is 11.6 Å². The molecule has 0 fully saturated rings. The molecule has 0 atom stereocenters. The molecule has 2 rings (SSSR count). The maximum Gasteiger partial charge on any atom is 0.372 e. The van der Waals surface area contributed by atoms with Gasteiger partial charge in [-0.3, -0.25) is 14.4 Å². The normalized spacial score (nSPS) is 10.3. The second-order valence-electron chi connectivity index (χ2n) is 5.08. The van der Waals surface area contributed by atoms with Crippen molar-refractivity contribution in [3.63, 3.8) is 0 Å². The summed E-state index contributed by atoms with van der Waals surface area (Å²) in [5.74, 6) is -3.19. The largest absolute Gasteiger partial charge is 0.475 e. The number of benzene rings is 1. The van der Waals surface area contributed by atoms with E-state index in [2.05, 4.69) is 0 Å². The summed E-state index contributed by atoms with van der Waals surface area (Å²) in [4.78, 5) is 45.0. The molecule has 118 valence electrons. The number of hydrogen-bond donors (Lipinski definition) is 1. The first-order valence-corrected chi connectivity index (χ1v) is 7.71. The van der Waals surface area contributed by atoms with Crippen LogP contribution in [0.2, 0.25) is 0 Å². The van der Waals surface area contributed by atoms with E-state index in [1.54, 1.807) is 23.6 Å². The highest BCUT2D eigenvalue weighted by Gasteiger charge is 2.19. The van der Waals surface area contributed by atoms with Crippen molar-refractivity contribution in [2.75, 3.05) is 0 Å². The van der Waals surface area contributed by atoms with Gasteiger partial charge >= 0.3 is 5.97 Å². The maximum absolute atomic E-state index is 11.8. The van der Waals surface area contributed by atoms with Crippen molar-refractivity contribution >= 4 is 34.7 Å². The molecule has 0 spiro atoms. The van der Waals surface area contributed by atoms with E-state index >= 15 is 0 Å². The summed E-state index contributed by atoms with van der Waals surface area (Å²) in [5.41, 5.74) is 2.53. The Morgan fingerprint density at radius 2 is 1.70 bits per heavy atom. The van der Waals surface area contributed by atoms with Crippen LogP contribution in [-0.4, -0.2) is 28.4 Å².